The van der Waals surface area contributed by atoms with Crippen LogP contribution in [0.3, 0.4) is 0 Å². The van der Waals surface area contributed by atoms with Crippen molar-refractivity contribution in [3.05, 3.63) is 200 Å². The first-order valence-corrected chi connectivity index (χ1v) is 17.9. The first-order chi connectivity index (χ1) is 25.6. The summed E-state index contributed by atoms with van der Waals surface area (Å²) in [4.78, 5) is 4.72. The van der Waals surface area contributed by atoms with Crippen LogP contribution >= 0.6 is 0 Å². The van der Waals surface area contributed by atoms with Crippen LogP contribution in [-0.2, 0) is 0 Å². The molecular weight excluding hydrogens is 629 g/mol. The lowest BCUT2D eigenvalue weighted by Crippen LogP contribution is -2.11. The minimum atomic E-state index is 1.12. The Bertz CT molecular complexity index is 2640. The second-order valence-electron chi connectivity index (χ2n) is 13.6. The van der Waals surface area contributed by atoms with Crippen molar-refractivity contribution in [1.82, 2.24) is 0 Å². The molecule has 0 aromatic heterocycles. The van der Waals surface area contributed by atoms with E-state index in [9.17, 15) is 0 Å². The molecular formula is C50H38N2. The van der Waals surface area contributed by atoms with Gasteiger partial charge in [-0.25, -0.2) is 0 Å². The highest BCUT2D eigenvalue weighted by Crippen LogP contribution is 2.42. The van der Waals surface area contributed by atoms with Gasteiger partial charge >= 0.3 is 0 Å². The van der Waals surface area contributed by atoms with Crippen molar-refractivity contribution in [3.63, 3.8) is 0 Å². The quantitative estimate of drug-likeness (QED) is 0.156. The van der Waals surface area contributed by atoms with Gasteiger partial charge in [-0.15, -0.1) is 0 Å². The van der Waals surface area contributed by atoms with Crippen molar-refractivity contribution in [3.8, 4) is 22.3 Å². The molecule has 0 saturated heterocycles. The number of anilines is 5. The molecule has 0 radical (unpaired) electrons. The van der Waals surface area contributed by atoms with Gasteiger partial charge in [0.25, 0.3) is 0 Å². The molecule has 9 aromatic carbocycles. The van der Waals surface area contributed by atoms with E-state index in [1.54, 1.807) is 0 Å². The summed E-state index contributed by atoms with van der Waals surface area (Å²) in [6, 6.07) is 70.3. The van der Waals surface area contributed by atoms with Crippen LogP contribution in [0.2, 0.25) is 0 Å². The number of nitrogens with zero attached hydrogens (tertiary/aromatic N) is 2. The summed E-state index contributed by atoms with van der Waals surface area (Å²) in [5, 5.41) is 7.46. The maximum Gasteiger partial charge on any atom is 0.0567 e. The van der Waals surface area contributed by atoms with Crippen LogP contribution in [0.4, 0.5) is 28.4 Å². The van der Waals surface area contributed by atoms with Gasteiger partial charge in [0.15, 0.2) is 0 Å². The average Bonchev–Trinajstić information content (AvgIpc) is 3.21. The van der Waals surface area contributed by atoms with E-state index in [0.717, 1.165) is 22.7 Å². The second kappa shape index (κ2) is 13.2. The number of hydrogen-bond donors (Lipinski definition) is 0. The molecule has 52 heavy (non-hydrogen) atoms. The van der Waals surface area contributed by atoms with E-state index in [0.29, 0.717) is 0 Å². The predicted molar refractivity (Wildman–Crippen MR) is 224 cm³/mol. The maximum absolute atomic E-state index is 2.39. The Balaban J connectivity index is 1.08. The Kier molecular flexibility index (Phi) is 7.98. The van der Waals surface area contributed by atoms with Crippen LogP contribution in [0, 0.1) is 6.92 Å². The minimum Gasteiger partial charge on any atom is -0.344 e. The Morgan fingerprint density at radius 1 is 0.346 bits per heavy atom. The van der Waals surface area contributed by atoms with Crippen molar-refractivity contribution in [2.24, 2.45) is 0 Å². The fourth-order valence-corrected chi connectivity index (χ4v) is 7.56. The lowest BCUT2D eigenvalue weighted by Gasteiger charge is -2.28. The van der Waals surface area contributed by atoms with Crippen molar-refractivity contribution in [1.29, 1.82) is 0 Å². The summed E-state index contributed by atoms with van der Waals surface area (Å²) in [5.74, 6) is 0. The average molecular weight is 667 g/mol. The lowest BCUT2D eigenvalue weighted by molar-refractivity contribution is 1.23. The molecule has 9 rings (SSSR count). The second-order valence-corrected chi connectivity index (χ2v) is 13.6. The smallest absolute Gasteiger partial charge is 0.0567 e. The monoisotopic (exact) mass is 666 g/mol. The molecule has 0 aliphatic rings. The summed E-state index contributed by atoms with van der Waals surface area (Å²) in [6.45, 7) is 2.20. The summed E-state index contributed by atoms with van der Waals surface area (Å²) in [6.07, 6.45) is 0. The Morgan fingerprint density at radius 2 is 0.846 bits per heavy atom. The number of fused-ring (bicyclic) bond motifs is 3. The van der Waals surface area contributed by atoms with E-state index in [4.69, 9.17) is 0 Å². The Labute approximate surface area is 305 Å². The number of aryl methyl sites for hydroxylation is 1. The zero-order valence-electron chi connectivity index (χ0n) is 29.4. The fourth-order valence-electron chi connectivity index (χ4n) is 7.56. The lowest BCUT2D eigenvalue weighted by atomic mass is 9.99. The normalized spacial score (nSPS) is 11.3. The van der Waals surface area contributed by atoms with Gasteiger partial charge in [0.1, 0.15) is 0 Å². The van der Waals surface area contributed by atoms with Gasteiger partial charge in [-0.2, -0.15) is 0 Å². The molecule has 0 aliphatic carbocycles. The van der Waals surface area contributed by atoms with Crippen LogP contribution in [0.5, 0.6) is 0 Å². The van der Waals surface area contributed by atoms with E-state index < -0.39 is 0 Å². The fraction of sp³-hybridized carbons (Fsp3) is 0.0400. The van der Waals surface area contributed by atoms with Crippen molar-refractivity contribution < 1.29 is 0 Å². The highest BCUT2D eigenvalue weighted by atomic mass is 15.1. The molecule has 0 amide bonds. The zero-order chi connectivity index (χ0) is 35.0. The molecule has 0 saturated carbocycles. The summed E-state index contributed by atoms with van der Waals surface area (Å²) >= 11 is 0. The third kappa shape index (κ3) is 5.75. The zero-order valence-corrected chi connectivity index (χ0v) is 29.4. The van der Waals surface area contributed by atoms with Gasteiger partial charge in [-0.1, -0.05) is 146 Å². The van der Waals surface area contributed by atoms with Crippen molar-refractivity contribution in [2.75, 3.05) is 16.8 Å². The molecule has 0 heterocycles. The predicted octanol–water partition coefficient (Wildman–Crippen LogP) is 14.0. The van der Waals surface area contributed by atoms with Gasteiger partial charge in [0, 0.05) is 40.6 Å². The number of benzene rings is 9. The van der Waals surface area contributed by atoms with Crippen molar-refractivity contribution >= 4 is 60.8 Å². The Hall–Kier alpha value is -6.64. The maximum atomic E-state index is 2.39. The highest BCUT2D eigenvalue weighted by molar-refractivity contribution is 6.12. The third-order valence-corrected chi connectivity index (χ3v) is 10.3. The first-order valence-electron chi connectivity index (χ1n) is 17.9. The molecule has 0 N–H and O–H groups in total. The van der Waals surface area contributed by atoms with E-state index in [1.165, 1.54) is 65.8 Å². The molecule has 0 aliphatic heterocycles. The number of rotatable bonds is 7. The van der Waals surface area contributed by atoms with Crippen LogP contribution in [0.25, 0.3) is 54.6 Å². The first kappa shape index (κ1) is 31.3. The van der Waals surface area contributed by atoms with Crippen LogP contribution in [0.1, 0.15) is 5.56 Å². The molecule has 248 valence electrons. The van der Waals surface area contributed by atoms with E-state index in [2.05, 4.69) is 218 Å². The number of hydrogen-bond acceptors (Lipinski definition) is 2. The van der Waals surface area contributed by atoms with Gasteiger partial charge < -0.3 is 9.80 Å². The minimum absolute atomic E-state index is 1.12. The Morgan fingerprint density at radius 3 is 1.50 bits per heavy atom. The van der Waals surface area contributed by atoms with E-state index in [1.807, 2.05) is 0 Å². The van der Waals surface area contributed by atoms with Gasteiger partial charge in [0.2, 0.25) is 0 Å². The molecule has 2 nitrogen and oxygen atoms in total. The van der Waals surface area contributed by atoms with Gasteiger partial charge in [-0.05, 0) is 105 Å². The molecule has 0 spiro atoms. The largest absolute Gasteiger partial charge is 0.344 e. The van der Waals surface area contributed by atoms with Crippen LogP contribution in [0.15, 0.2) is 194 Å². The highest BCUT2D eigenvalue weighted by Gasteiger charge is 2.18. The van der Waals surface area contributed by atoms with E-state index in [-0.39, 0.29) is 0 Å². The molecule has 0 unspecified atom stereocenters. The molecule has 0 bridgehead atoms. The molecule has 0 fully saturated rings. The van der Waals surface area contributed by atoms with Gasteiger partial charge in [-0.3, -0.25) is 0 Å². The summed E-state index contributed by atoms with van der Waals surface area (Å²) < 4.78 is 0. The third-order valence-electron chi connectivity index (χ3n) is 10.3. The standard InChI is InChI=1S/C50H38N2/c1-35-20-21-41(36-12-4-3-5-13-36)34-49(35)52(46-31-26-37-14-6-7-15-40(37)33-46)45-29-24-39(25-30-45)38-22-27-44(28-23-38)51(2)50-47-18-10-8-16-42(47)32-43-17-9-11-19-48(43)50/h3-34H,1-2H3. The van der Waals surface area contributed by atoms with Gasteiger partial charge in [0.05, 0.1) is 5.69 Å². The van der Waals surface area contributed by atoms with Crippen molar-refractivity contribution in [2.45, 2.75) is 6.92 Å². The van der Waals surface area contributed by atoms with E-state index >= 15 is 0 Å². The topological polar surface area (TPSA) is 6.48 Å². The SMILES string of the molecule is Cc1ccc(-c2ccccc2)cc1N(c1ccc(-c2ccc(N(C)c3c4ccccc4cc4ccccc34)cc2)cc1)c1ccc2ccccc2c1. The summed E-state index contributed by atoms with van der Waals surface area (Å²) in [5.41, 5.74) is 11.8. The summed E-state index contributed by atoms with van der Waals surface area (Å²) in [7, 11) is 2.17. The molecule has 2 heteroatoms. The van der Waals surface area contributed by atoms with Crippen LogP contribution in [-0.4, -0.2) is 7.05 Å². The molecule has 9 aromatic rings. The van der Waals surface area contributed by atoms with Crippen LogP contribution < -0.4 is 9.80 Å². The molecule has 0 atom stereocenters.